The SMILES string of the molecule is C=C(C)c1ncc(-c2cnc3ccccc3c2)cc1N=O. The van der Waals surface area contributed by atoms with E-state index in [9.17, 15) is 4.91 Å². The van der Waals surface area contributed by atoms with Crippen molar-refractivity contribution in [1.82, 2.24) is 9.97 Å². The maximum atomic E-state index is 11.0. The Morgan fingerprint density at radius 3 is 2.57 bits per heavy atom. The maximum absolute atomic E-state index is 11.0. The molecule has 4 nitrogen and oxygen atoms in total. The van der Waals surface area contributed by atoms with Crippen LogP contribution in [0.25, 0.3) is 27.6 Å². The molecule has 0 bridgehead atoms. The first-order chi connectivity index (χ1) is 10.2. The molecule has 2 aromatic heterocycles. The number of aromatic nitrogens is 2. The summed E-state index contributed by atoms with van der Waals surface area (Å²) in [6.07, 6.45) is 3.48. The van der Waals surface area contributed by atoms with Crippen LogP contribution in [-0.2, 0) is 0 Å². The van der Waals surface area contributed by atoms with Crippen molar-refractivity contribution in [2.24, 2.45) is 5.18 Å². The first-order valence-corrected chi connectivity index (χ1v) is 6.53. The number of nitrogens with zero attached hydrogens (tertiary/aromatic N) is 3. The van der Waals surface area contributed by atoms with Gasteiger partial charge >= 0.3 is 0 Å². The normalized spacial score (nSPS) is 10.5. The first kappa shape index (κ1) is 13.1. The van der Waals surface area contributed by atoms with E-state index >= 15 is 0 Å². The lowest BCUT2D eigenvalue weighted by Gasteiger charge is -2.06. The van der Waals surface area contributed by atoms with Gasteiger partial charge in [0.05, 0.1) is 11.2 Å². The lowest BCUT2D eigenvalue weighted by molar-refractivity contribution is 1.24. The van der Waals surface area contributed by atoms with Crippen LogP contribution in [0.2, 0.25) is 0 Å². The Balaban J connectivity index is 2.14. The van der Waals surface area contributed by atoms with Crippen LogP contribution in [0.15, 0.2) is 60.5 Å². The molecule has 3 aromatic rings. The Kier molecular flexibility index (Phi) is 3.28. The van der Waals surface area contributed by atoms with Gasteiger partial charge in [-0.05, 0) is 35.9 Å². The minimum atomic E-state index is 0.299. The van der Waals surface area contributed by atoms with Gasteiger partial charge < -0.3 is 0 Å². The molecule has 2 heterocycles. The molecule has 1 aromatic carbocycles. The standard InChI is InChI=1S/C17H13N3O/c1-11(2)17-16(20-21)8-14(10-19-17)13-7-12-5-3-4-6-15(12)18-9-13/h3-10H,1H2,2H3. The molecule has 0 N–H and O–H groups in total. The molecule has 4 heteroatoms. The number of nitroso groups, excluding NO2 is 1. The molecule has 0 saturated heterocycles. The lowest BCUT2D eigenvalue weighted by atomic mass is 10.1. The highest BCUT2D eigenvalue weighted by Crippen LogP contribution is 2.29. The van der Waals surface area contributed by atoms with Gasteiger partial charge in [0.25, 0.3) is 0 Å². The Morgan fingerprint density at radius 1 is 1.10 bits per heavy atom. The van der Waals surface area contributed by atoms with Gasteiger partial charge in [0.1, 0.15) is 5.69 Å². The van der Waals surface area contributed by atoms with E-state index in [-0.39, 0.29) is 0 Å². The second-order valence-corrected chi connectivity index (χ2v) is 4.88. The molecule has 3 rings (SSSR count). The van der Waals surface area contributed by atoms with Crippen molar-refractivity contribution >= 4 is 22.2 Å². The highest BCUT2D eigenvalue weighted by Gasteiger charge is 2.09. The number of benzene rings is 1. The average molecular weight is 275 g/mol. The molecule has 102 valence electrons. The predicted molar refractivity (Wildman–Crippen MR) is 85.1 cm³/mol. The van der Waals surface area contributed by atoms with Crippen molar-refractivity contribution in [2.75, 3.05) is 0 Å². The van der Waals surface area contributed by atoms with E-state index in [0.29, 0.717) is 17.0 Å². The van der Waals surface area contributed by atoms with Crippen LogP contribution in [0.5, 0.6) is 0 Å². The molecule has 0 amide bonds. The average Bonchev–Trinajstić information content (AvgIpc) is 2.53. The Hall–Kier alpha value is -2.88. The minimum Gasteiger partial charge on any atom is -0.256 e. The van der Waals surface area contributed by atoms with E-state index in [0.717, 1.165) is 22.0 Å². The highest BCUT2D eigenvalue weighted by atomic mass is 16.3. The maximum Gasteiger partial charge on any atom is 0.134 e. The third-order valence-electron chi connectivity index (χ3n) is 3.29. The van der Waals surface area contributed by atoms with E-state index in [4.69, 9.17) is 0 Å². The van der Waals surface area contributed by atoms with E-state index < -0.39 is 0 Å². The largest absolute Gasteiger partial charge is 0.256 e. The lowest BCUT2D eigenvalue weighted by Crippen LogP contribution is -1.89. The van der Waals surface area contributed by atoms with Crippen LogP contribution in [0.1, 0.15) is 12.6 Å². The van der Waals surface area contributed by atoms with Crippen LogP contribution in [0, 0.1) is 4.91 Å². The third kappa shape index (κ3) is 2.43. The Morgan fingerprint density at radius 2 is 1.81 bits per heavy atom. The summed E-state index contributed by atoms with van der Waals surface area (Å²) in [4.78, 5) is 19.7. The summed E-state index contributed by atoms with van der Waals surface area (Å²) < 4.78 is 0. The number of fused-ring (bicyclic) bond motifs is 1. The molecule has 0 saturated carbocycles. The second-order valence-electron chi connectivity index (χ2n) is 4.88. The van der Waals surface area contributed by atoms with Crippen molar-refractivity contribution in [3.05, 3.63) is 66.0 Å². The molecular weight excluding hydrogens is 262 g/mol. The monoisotopic (exact) mass is 275 g/mol. The molecule has 21 heavy (non-hydrogen) atoms. The summed E-state index contributed by atoms with van der Waals surface area (Å²) in [6, 6.07) is 11.6. The molecule has 0 atom stereocenters. The number of hydrogen-bond acceptors (Lipinski definition) is 4. The van der Waals surface area contributed by atoms with Crippen LogP contribution in [0.4, 0.5) is 5.69 Å². The summed E-state index contributed by atoms with van der Waals surface area (Å²) in [5.74, 6) is 0. The molecule has 0 aliphatic heterocycles. The third-order valence-corrected chi connectivity index (χ3v) is 3.29. The van der Waals surface area contributed by atoms with Gasteiger partial charge in [-0.2, -0.15) is 0 Å². The van der Waals surface area contributed by atoms with Gasteiger partial charge in [0.2, 0.25) is 0 Å². The van der Waals surface area contributed by atoms with Crippen molar-refractivity contribution in [3.8, 4) is 11.1 Å². The quantitative estimate of drug-likeness (QED) is 0.649. The summed E-state index contributed by atoms with van der Waals surface area (Å²) in [7, 11) is 0. The zero-order valence-corrected chi connectivity index (χ0v) is 11.6. The van der Waals surface area contributed by atoms with Gasteiger partial charge in [-0.15, -0.1) is 4.91 Å². The van der Waals surface area contributed by atoms with Crippen molar-refractivity contribution in [2.45, 2.75) is 6.92 Å². The summed E-state index contributed by atoms with van der Waals surface area (Å²) in [6.45, 7) is 5.60. The molecule has 0 fully saturated rings. The van der Waals surface area contributed by atoms with Gasteiger partial charge in [-0.3, -0.25) is 9.97 Å². The second kappa shape index (κ2) is 5.25. The number of allylic oxidation sites excluding steroid dienone is 1. The minimum absolute atomic E-state index is 0.299. The fraction of sp³-hybridized carbons (Fsp3) is 0.0588. The Bertz CT molecular complexity index is 856. The van der Waals surface area contributed by atoms with Crippen LogP contribution in [-0.4, -0.2) is 9.97 Å². The summed E-state index contributed by atoms with van der Waals surface area (Å²) in [5.41, 5.74) is 4.19. The van der Waals surface area contributed by atoms with E-state index in [2.05, 4.69) is 21.7 Å². The smallest absolute Gasteiger partial charge is 0.134 e. The molecule has 0 spiro atoms. The van der Waals surface area contributed by atoms with Crippen LogP contribution >= 0.6 is 0 Å². The van der Waals surface area contributed by atoms with E-state index in [1.807, 2.05) is 30.3 Å². The number of para-hydroxylation sites is 1. The highest BCUT2D eigenvalue weighted by molar-refractivity contribution is 5.84. The molecular formula is C17H13N3O. The van der Waals surface area contributed by atoms with Gasteiger partial charge in [-0.1, -0.05) is 24.8 Å². The topological polar surface area (TPSA) is 55.2 Å². The van der Waals surface area contributed by atoms with Crippen molar-refractivity contribution in [1.29, 1.82) is 0 Å². The fourth-order valence-electron chi connectivity index (χ4n) is 2.24. The fourth-order valence-corrected chi connectivity index (χ4v) is 2.24. The summed E-state index contributed by atoms with van der Waals surface area (Å²) in [5, 5.41) is 4.09. The van der Waals surface area contributed by atoms with Gasteiger partial charge in [0.15, 0.2) is 0 Å². The zero-order valence-electron chi connectivity index (χ0n) is 11.6. The zero-order chi connectivity index (χ0) is 14.8. The number of rotatable bonds is 3. The molecule has 0 aliphatic carbocycles. The van der Waals surface area contributed by atoms with Crippen molar-refractivity contribution in [3.63, 3.8) is 0 Å². The Labute approximate surface area is 122 Å². The van der Waals surface area contributed by atoms with E-state index in [1.165, 1.54) is 0 Å². The van der Waals surface area contributed by atoms with Gasteiger partial charge in [-0.25, -0.2) is 0 Å². The van der Waals surface area contributed by atoms with Crippen molar-refractivity contribution < 1.29 is 0 Å². The molecule has 0 aliphatic rings. The van der Waals surface area contributed by atoms with E-state index in [1.54, 1.807) is 25.4 Å². The first-order valence-electron chi connectivity index (χ1n) is 6.53. The van der Waals surface area contributed by atoms with Gasteiger partial charge in [0, 0.05) is 28.9 Å². The number of hydrogen-bond donors (Lipinski definition) is 0. The predicted octanol–water partition coefficient (Wildman–Crippen LogP) is 4.73. The summed E-state index contributed by atoms with van der Waals surface area (Å²) >= 11 is 0. The molecule has 0 radical (unpaired) electrons. The van der Waals surface area contributed by atoms with Crippen LogP contribution < -0.4 is 0 Å². The molecule has 0 unspecified atom stereocenters. The number of pyridine rings is 2. The van der Waals surface area contributed by atoms with Crippen LogP contribution in [0.3, 0.4) is 0 Å².